The highest BCUT2D eigenvalue weighted by molar-refractivity contribution is 5.54. The summed E-state index contributed by atoms with van der Waals surface area (Å²) in [4.78, 5) is 2.24. The number of hydrogen-bond donors (Lipinski definition) is 2. The molecule has 228 valence electrons. The van der Waals surface area contributed by atoms with Gasteiger partial charge in [-0.05, 0) is 48.2 Å². The van der Waals surface area contributed by atoms with Crippen molar-refractivity contribution in [1.82, 2.24) is 4.90 Å². The highest BCUT2D eigenvalue weighted by atomic mass is 19.3. The highest BCUT2D eigenvalue weighted by Gasteiger charge is 2.31. The molecule has 0 heterocycles. The van der Waals surface area contributed by atoms with Crippen LogP contribution in [0.5, 0.6) is 5.75 Å². The van der Waals surface area contributed by atoms with E-state index in [1.165, 1.54) is 17.7 Å². The molecule has 0 aliphatic heterocycles. The molecule has 4 aromatic rings. The fourth-order valence-corrected chi connectivity index (χ4v) is 4.93. The second kappa shape index (κ2) is 16.8. The van der Waals surface area contributed by atoms with Gasteiger partial charge in [-0.1, -0.05) is 110 Å². The number of hydrogen-bond acceptors (Lipinski definition) is 5. The first-order valence-electron chi connectivity index (χ1n) is 14.9. The summed E-state index contributed by atoms with van der Waals surface area (Å²) in [5.74, 6) is -2.39. The summed E-state index contributed by atoms with van der Waals surface area (Å²) in [6.45, 7) is 2.09. The second-order valence-corrected chi connectivity index (χ2v) is 10.8. The topological polar surface area (TPSA) is 68.0 Å². The van der Waals surface area contributed by atoms with Gasteiger partial charge in [0.1, 0.15) is 19.0 Å². The van der Waals surface area contributed by atoms with Gasteiger partial charge < -0.3 is 20.3 Å². The molecule has 0 radical (unpaired) electrons. The predicted molar refractivity (Wildman–Crippen MR) is 168 cm³/mol. The number of halogens is 2. The van der Waals surface area contributed by atoms with Crippen LogP contribution in [0.2, 0.25) is 0 Å². The van der Waals surface area contributed by atoms with E-state index >= 15 is 0 Å². The Labute approximate surface area is 253 Å². The van der Waals surface area contributed by atoms with Gasteiger partial charge in [-0.15, -0.1) is 0 Å². The van der Waals surface area contributed by atoms with Gasteiger partial charge in [0.2, 0.25) is 0 Å². The number of alkyl halides is 2. The number of aliphatic hydroxyl groups is 1. The van der Waals surface area contributed by atoms with Crippen molar-refractivity contribution in [2.75, 3.05) is 32.0 Å². The number of anilines is 1. The maximum absolute atomic E-state index is 14.3. The zero-order valence-electron chi connectivity index (χ0n) is 24.6. The molecule has 7 heteroatoms. The van der Waals surface area contributed by atoms with Gasteiger partial charge in [-0.3, -0.25) is 4.90 Å². The third kappa shape index (κ3) is 10.8. The summed E-state index contributed by atoms with van der Waals surface area (Å²) in [5.41, 5.74) is 9.72. The molecule has 0 fully saturated rings. The summed E-state index contributed by atoms with van der Waals surface area (Å²) >= 11 is 0. The van der Waals surface area contributed by atoms with Crippen LogP contribution in [0.25, 0.3) is 0 Å². The lowest BCUT2D eigenvalue weighted by Crippen LogP contribution is -2.29. The van der Waals surface area contributed by atoms with Crippen LogP contribution in [0.3, 0.4) is 0 Å². The Morgan fingerprint density at radius 3 is 2.07 bits per heavy atom. The number of nitrogens with two attached hydrogens (primary N) is 1. The van der Waals surface area contributed by atoms with Gasteiger partial charge in [-0.2, -0.15) is 8.78 Å². The minimum atomic E-state index is -2.99. The fraction of sp³-hybridized carbons (Fsp3) is 0.333. The Bertz CT molecular complexity index is 1340. The van der Waals surface area contributed by atoms with Crippen molar-refractivity contribution in [3.8, 4) is 5.75 Å². The highest BCUT2D eigenvalue weighted by Crippen LogP contribution is 2.29. The van der Waals surface area contributed by atoms with Gasteiger partial charge in [0, 0.05) is 25.3 Å². The lowest BCUT2D eigenvalue weighted by molar-refractivity contribution is -0.0831. The largest absolute Gasteiger partial charge is 0.487 e. The van der Waals surface area contributed by atoms with Gasteiger partial charge in [-0.25, -0.2) is 0 Å². The summed E-state index contributed by atoms with van der Waals surface area (Å²) in [6.07, 6.45) is 2.77. The molecule has 5 nitrogen and oxygen atoms in total. The molecule has 0 amide bonds. The van der Waals surface area contributed by atoms with Crippen molar-refractivity contribution < 1.29 is 23.4 Å². The molecular weight excluding hydrogens is 546 g/mol. The monoisotopic (exact) mass is 588 g/mol. The van der Waals surface area contributed by atoms with Gasteiger partial charge >= 0.3 is 0 Å². The minimum absolute atomic E-state index is 0.0225. The molecular formula is C36H42F2N2O3. The van der Waals surface area contributed by atoms with Crippen molar-refractivity contribution in [3.05, 3.63) is 131 Å². The Kier molecular flexibility index (Phi) is 12.5. The van der Waals surface area contributed by atoms with Crippen LogP contribution in [0, 0.1) is 0 Å². The summed E-state index contributed by atoms with van der Waals surface area (Å²) < 4.78 is 39.7. The third-order valence-corrected chi connectivity index (χ3v) is 7.33. The van der Waals surface area contributed by atoms with Crippen molar-refractivity contribution >= 4 is 5.69 Å². The van der Waals surface area contributed by atoms with Crippen LogP contribution in [0.4, 0.5) is 14.5 Å². The Balaban J connectivity index is 1.22. The molecule has 43 heavy (non-hydrogen) atoms. The van der Waals surface area contributed by atoms with Crippen LogP contribution < -0.4 is 10.5 Å². The normalized spacial score (nSPS) is 12.4. The summed E-state index contributed by atoms with van der Waals surface area (Å²) in [7, 11) is 0. The van der Waals surface area contributed by atoms with E-state index in [1.807, 2.05) is 60.7 Å². The molecule has 4 aromatic carbocycles. The molecule has 4 rings (SSSR count). The van der Waals surface area contributed by atoms with E-state index in [0.717, 1.165) is 43.4 Å². The SMILES string of the molecule is Nc1cc([C@@H](O)CN(CCCCCCOCC(F)(F)c2ccccc2)Cc2ccccc2)ccc1OCc1ccccc1. The zero-order valence-corrected chi connectivity index (χ0v) is 24.6. The van der Waals surface area contributed by atoms with Crippen LogP contribution in [0.15, 0.2) is 109 Å². The number of rotatable bonds is 18. The zero-order chi connectivity index (χ0) is 30.3. The van der Waals surface area contributed by atoms with Crippen LogP contribution >= 0.6 is 0 Å². The Morgan fingerprint density at radius 1 is 0.767 bits per heavy atom. The molecule has 0 aromatic heterocycles. The molecule has 0 aliphatic rings. The standard InChI is InChI=1S/C36H42F2N2O3/c37-36(38,32-18-10-5-11-19-32)28-42-23-13-2-1-12-22-40(25-29-14-6-3-7-15-29)26-34(41)31-20-21-35(33(39)24-31)43-27-30-16-8-4-9-17-30/h3-11,14-21,24,34,41H,1-2,12-13,22-23,25-28,39H2/t34-/m0/s1. The molecule has 3 N–H and O–H groups in total. The molecule has 1 atom stereocenters. The number of unbranched alkanes of at least 4 members (excludes halogenated alkanes) is 3. The van der Waals surface area contributed by atoms with E-state index < -0.39 is 18.6 Å². The second-order valence-electron chi connectivity index (χ2n) is 10.8. The number of aliphatic hydroxyl groups excluding tert-OH is 1. The van der Waals surface area contributed by atoms with E-state index in [9.17, 15) is 13.9 Å². The van der Waals surface area contributed by atoms with Crippen molar-refractivity contribution in [3.63, 3.8) is 0 Å². The van der Waals surface area contributed by atoms with Gasteiger partial charge in [0.15, 0.2) is 0 Å². The van der Waals surface area contributed by atoms with E-state index in [0.29, 0.717) is 37.7 Å². The van der Waals surface area contributed by atoms with E-state index in [1.54, 1.807) is 24.3 Å². The average molecular weight is 589 g/mol. The average Bonchev–Trinajstić information content (AvgIpc) is 3.03. The van der Waals surface area contributed by atoms with Crippen molar-refractivity contribution in [2.24, 2.45) is 0 Å². The first-order valence-corrected chi connectivity index (χ1v) is 14.9. The van der Waals surface area contributed by atoms with Crippen molar-refractivity contribution in [2.45, 2.75) is 50.9 Å². The van der Waals surface area contributed by atoms with Gasteiger partial charge in [0.05, 0.1) is 11.8 Å². The number of ether oxygens (including phenoxy) is 2. The Morgan fingerprint density at radius 2 is 1.40 bits per heavy atom. The Hall–Kier alpha value is -3.78. The number of nitrogens with zero attached hydrogens (tertiary/aromatic N) is 1. The van der Waals surface area contributed by atoms with E-state index in [4.69, 9.17) is 15.2 Å². The third-order valence-electron chi connectivity index (χ3n) is 7.33. The van der Waals surface area contributed by atoms with Crippen molar-refractivity contribution in [1.29, 1.82) is 0 Å². The minimum Gasteiger partial charge on any atom is -0.487 e. The van der Waals surface area contributed by atoms with E-state index in [-0.39, 0.29) is 5.56 Å². The summed E-state index contributed by atoms with van der Waals surface area (Å²) in [6, 6.07) is 33.3. The lowest BCUT2D eigenvalue weighted by atomic mass is 10.1. The quantitative estimate of drug-likeness (QED) is 0.0919. The molecule has 0 spiro atoms. The van der Waals surface area contributed by atoms with Gasteiger partial charge in [0.25, 0.3) is 5.92 Å². The number of nitrogen functional groups attached to an aromatic ring is 1. The molecule has 0 bridgehead atoms. The lowest BCUT2D eigenvalue weighted by Gasteiger charge is -2.26. The maximum Gasteiger partial charge on any atom is 0.296 e. The first kappa shape index (κ1) is 32.1. The number of benzene rings is 4. The first-order chi connectivity index (χ1) is 20.9. The smallest absolute Gasteiger partial charge is 0.296 e. The maximum atomic E-state index is 14.3. The molecule has 0 unspecified atom stereocenters. The van der Waals surface area contributed by atoms with Crippen LogP contribution in [-0.2, 0) is 23.8 Å². The van der Waals surface area contributed by atoms with Crippen LogP contribution in [0.1, 0.15) is 54.0 Å². The molecule has 0 saturated heterocycles. The van der Waals surface area contributed by atoms with E-state index in [2.05, 4.69) is 17.0 Å². The predicted octanol–water partition coefficient (Wildman–Crippen LogP) is 7.75. The van der Waals surface area contributed by atoms with Crippen LogP contribution in [-0.4, -0.2) is 36.3 Å². The molecule has 0 aliphatic carbocycles. The molecule has 0 saturated carbocycles. The fourth-order valence-electron chi connectivity index (χ4n) is 4.93. The summed E-state index contributed by atoms with van der Waals surface area (Å²) in [5, 5.41) is 11.1.